The molecule has 16 heteroatoms. The number of fused-ring (bicyclic) bond motifs is 1. The van der Waals surface area contributed by atoms with Crippen LogP contribution >= 0.6 is 0 Å². The highest BCUT2D eigenvalue weighted by Gasteiger charge is 2.41. The Morgan fingerprint density at radius 3 is 2.44 bits per heavy atom. The molecule has 0 aliphatic heterocycles. The predicted molar refractivity (Wildman–Crippen MR) is 122 cm³/mol. The number of hydrogen-bond acceptors (Lipinski definition) is 6. The third-order valence-electron chi connectivity index (χ3n) is 6.30. The van der Waals surface area contributed by atoms with Gasteiger partial charge in [0, 0.05) is 19.3 Å². The van der Waals surface area contributed by atoms with Crippen molar-refractivity contribution in [2.75, 3.05) is 11.9 Å². The fourth-order valence-corrected chi connectivity index (χ4v) is 4.31. The molecule has 3 aromatic heterocycles. The summed E-state index contributed by atoms with van der Waals surface area (Å²) in [4.78, 5) is 25.0. The van der Waals surface area contributed by atoms with Gasteiger partial charge in [0.05, 0.1) is 23.4 Å². The van der Waals surface area contributed by atoms with Crippen LogP contribution < -0.4 is 15.4 Å². The quantitative estimate of drug-likeness (QED) is 0.361. The fourth-order valence-electron chi connectivity index (χ4n) is 4.31. The average molecular weight is 566 g/mol. The van der Waals surface area contributed by atoms with Crippen LogP contribution in [0.5, 0.6) is 5.88 Å². The standard InChI is InChI=1S/C23H22F8N6O2/c1-37-18-15(34-21(37)35-16-9-32-7-6-14(16)23(29,30)31)8-13(20(36-18)39-10-17(24)25)19(38)33-12-4-2-11(3-5-12)22(26,27)28/h6-9,11-12,17H,2-5,10H2,1H3,(H,33,38)(H,34,35). The van der Waals surface area contributed by atoms with Gasteiger partial charge in [-0.25, -0.2) is 13.8 Å². The van der Waals surface area contributed by atoms with Crippen LogP contribution in [0, 0.1) is 5.92 Å². The molecule has 1 fully saturated rings. The van der Waals surface area contributed by atoms with E-state index in [1.165, 1.54) is 17.7 Å². The van der Waals surface area contributed by atoms with Crippen molar-refractivity contribution in [3.63, 3.8) is 0 Å². The van der Waals surface area contributed by atoms with Crippen LogP contribution in [0.25, 0.3) is 11.2 Å². The predicted octanol–water partition coefficient (Wildman–Crippen LogP) is 5.62. The van der Waals surface area contributed by atoms with Crippen LogP contribution in [0.15, 0.2) is 24.5 Å². The average Bonchev–Trinajstić information content (AvgIpc) is 3.15. The molecule has 39 heavy (non-hydrogen) atoms. The van der Waals surface area contributed by atoms with Gasteiger partial charge in [-0.3, -0.25) is 14.3 Å². The van der Waals surface area contributed by atoms with Gasteiger partial charge in [0.25, 0.3) is 12.3 Å². The monoisotopic (exact) mass is 566 g/mol. The van der Waals surface area contributed by atoms with Crippen LogP contribution in [-0.2, 0) is 13.2 Å². The minimum Gasteiger partial charge on any atom is -0.471 e. The Morgan fingerprint density at radius 2 is 1.82 bits per heavy atom. The number of hydrogen-bond donors (Lipinski definition) is 2. The van der Waals surface area contributed by atoms with Crippen molar-refractivity contribution in [1.82, 2.24) is 24.8 Å². The lowest BCUT2D eigenvalue weighted by molar-refractivity contribution is -0.182. The lowest BCUT2D eigenvalue weighted by Gasteiger charge is -2.30. The Bertz CT molecular complexity index is 1330. The Labute approximate surface area is 215 Å². The summed E-state index contributed by atoms with van der Waals surface area (Å²) in [7, 11) is 1.39. The molecule has 3 aromatic rings. The van der Waals surface area contributed by atoms with Crippen LogP contribution in [0.3, 0.4) is 0 Å². The zero-order chi connectivity index (χ0) is 28.5. The smallest absolute Gasteiger partial charge is 0.418 e. The maximum atomic E-state index is 13.4. The minimum absolute atomic E-state index is 0.00134. The molecule has 0 saturated heterocycles. The summed E-state index contributed by atoms with van der Waals surface area (Å²) in [5.41, 5.74) is -1.71. The topological polar surface area (TPSA) is 94.0 Å². The first-order chi connectivity index (χ1) is 18.2. The number of carbonyl (C=O) groups excluding carboxylic acids is 1. The van der Waals surface area contributed by atoms with Crippen molar-refractivity contribution in [3.8, 4) is 5.88 Å². The van der Waals surface area contributed by atoms with Gasteiger partial charge < -0.3 is 15.4 Å². The molecule has 0 radical (unpaired) electrons. The number of pyridine rings is 2. The number of rotatable bonds is 7. The highest BCUT2D eigenvalue weighted by atomic mass is 19.4. The summed E-state index contributed by atoms with van der Waals surface area (Å²) in [6.45, 7) is -1.11. The molecule has 4 rings (SSSR count). The minimum atomic E-state index is -4.70. The Balaban J connectivity index is 1.63. The number of aromatic nitrogens is 4. The first kappa shape index (κ1) is 28.3. The molecule has 2 N–H and O–H groups in total. The van der Waals surface area contributed by atoms with Crippen molar-refractivity contribution in [1.29, 1.82) is 0 Å². The number of aryl methyl sites for hydroxylation is 1. The second-order valence-corrected chi connectivity index (χ2v) is 8.99. The number of anilines is 2. The molecule has 1 amide bonds. The third-order valence-corrected chi connectivity index (χ3v) is 6.30. The highest BCUT2D eigenvalue weighted by Crippen LogP contribution is 2.38. The zero-order valence-corrected chi connectivity index (χ0v) is 20.2. The lowest BCUT2D eigenvalue weighted by Crippen LogP contribution is -2.40. The molecule has 3 heterocycles. The normalized spacial score (nSPS) is 18.4. The molecule has 1 aliphatic carbocycles. The van der Waals surface area contributed by atoms with Crippen LogP contribution in [-0.4, -0.2) is 50.7 Å². The first-order valence-corrected chi connectivity index (χ1v) is 11.7. The second kappa shape index (κ2) is 10.8. The number of nitrogens with zero attached hydrogens (tertiary/aromatic N) is 4. The van der Waals surface area contributed by atoms with Crippen molar-refractivity contribution < 1.29 is 44.7 Å². The third kappa shape index (κ3) is 6.47. The number of nitrogens with one attached hydrogen (secondary N) is 2. The highest BCUT2D eigenvalue weighted by molar-refractivity contribution is 5.99. The zero-order valence-electron chi connectivity index (χ0n) is 20.2. The van der Waals surface area contributed by atoms with E-state index in [4.69, 9.17) is 4.74 Å². The summed E-state index contributed by atoms with van der Waals surface area (Å²) < 4.78 is 111. The van der Waals surface area contributed by atoms with Crippen molar-refractivity contribution >= 4 is 28.7 Å². The van der Waals surface area contributed by atoms with E-state index in [0.717, 1.165) is 18.5 Å². The van der Waals surface area contributed by atoms with E-state index in [2.05, 4.69) is 25.6 Å². The van der Waals surface area contributed by atoms with Crippen LogP contribution in [0.2, 0.25) is 0 Å². The van der Waals surface area contributed by atoms with Gasteiger partial charge >= 0.3 is 12.4 Å². The summed E-state index contributed by atoms with van der Waals surface area (Å²) in [6.07, 6.45) is -10.3. The summed E-state index contributed by atoms with van der Waals surface area (Å²) in [6, 6.07) is 1.34. The fraction of sp³-hybridized carbons (Fsp3) is 0.478. The molecule has 0 spiro atoms. The molecule has 212 valence electrons. The van der Waals surface area contributed by atoms with Gasteiger partial charge in [0.1, 0.15) is 11.1 Å². The number of carbonyl (C=O) groups is 1. The van der Waals surface area contributed by atoms with Gasteiger partial charge in [-0.05, 0) is 37.8 Å². The van der Waals surface area contributed by atoms with Gasteiger partial charge in [0.15, 0.2) is 12.3 Å². The van der Waals surface area contributed by atoms with Crippen molar-refractivity contribution in [2.24, 2.45) is 13.0 Å². The van der Waals surface area contributed by atoms with Crippen molar-refractivity contribution in [2.45, 2.75) is 50.5 Å². The number of alkyl halides is 8. The molecule has 0 atom stereocenters. The Hall–Kier alpha value is -3.72. The molecule has 1 saturated carbocycles. The maximum Gasteiger partial charge on any atom is 0.418 e. The van der Waals surface area contributed by atoms with E-state index in [9.17, 15) is 39.9 Å². The van der Waals surface area contributed by atoms with E-state index in [0.29, 0.717) is 0 Å². The molecular weight excluding hydrogens is 544 g/mol. The number of imidazole rings is 1. The molecule has 8 nitrogen and oxygen atoms in total. The molecule has 0 aromatic carbocycles. The molecule has 0 bridgehead atoms. The van der Waals surface area contributed by atoms with E-state index < -0.39 is 60.4 Å². The first-order valence-electron chi connectivity index (χ1n) is 11.7. The molecular formula is C23H22F8N6O2. The van der Waals surface area contributed by atoms with E-state index >= 15 is 0 Å². The van der Waals surface area contributed by atoms with Gasteiger partial charge in [-0.2, -0.15) is 31.3 Å². The number of halogens is 8. The summed E-state index contributed by atoms with van der Waals surface area (Å²) in [5.74, 6) is -2.91. The second-order valence-electron chi connectivity index (χ2n) is 8.99. The van der Waals surface area contributed by atoms with Crippen molar-refractivity contribution in [3.05, 3.63) is 35.7 Å². The van der Waals surface area contributed by atoms with Gasteiger partial charge in [-0.1, -0.05) is 0 Å². The molecule has 0 unspecified atom stereocenters. The Kier molecular flexibility index (Phi) is 7.84. The SMILES string of the molecule is Cn1c(Nc2cnccc2C(F)(F)F)nc2cc(C(=O)NC3CCC(C(F)(F)F)CC3)c(OCC(F)F)nc21. The molecule has 1 aliphatic rings. The number of ether oxygens (including phenoxy) is 1. The van der Waals surface area contributed by atoms with E-state index in [1.807, 2.05) is 0 Å². The van der Waals surface area contributed by atoms with Crippen LogP contribution in [0.4, 0.5) is 46.8 Å². The van der Waals surface area contributed by atoms with Gasteiger partial charge in [0.2, 0.25) is 11.8 Å². The summed E-state index contributed by atoms with van der Waals surface area (Å²) in [5, 5.41) is 5.10. The van der Waals surface area contributed by atoms with E-state index in [1.54, 1.807) is 0 Å². The number of amides is 1. The lowest BCUT2D eigenvalue weighted by atomic mass is 9.85. The largest absolute Gasteiger partial charge is 0.471 e. The van der Waals surface area contributed by atoms with E-state index in [-0.39, 0.29) is 48.4 Å². The Morgan fingerprint density at radius 1 is 1.13 bits per heavy atom. The van der Waals surface area contributed by atoms with Gasteiger partial charge in [-0.15, -0.1) is 0 Å². The summed E-state index contributed by atoms with van der Waals surface area (Å²) >= 11 is 0. The maximum absolute atomic E-state index is 13.4. The van der Waals surface area contributed by atoms with Crippen LogP contribution in [0.1, 0.15) is 41.6 Å².